The zero-order valence-electron chi connectivity index (χ0n) is 19.2. The molecule has 0 unspecified atom stereocenters. The summed E-state index contributed by atoms with van der Waals surface area (Å²) in [4.78, 5) is 54.3. The molecule has 0 spiro atoms. The molecule has 11 heteroatoms. The van der Waals surface area contributed by atoms with Gasteiger partial charge in [0.25, 0.3) is 5.56 Å². The van der Waals surface area contributed by atoms with Crippen molar-refractivity contribution in [3.8, 4) is 0 Å². The molecule has 0 saturated heterocycles. The number of para-hydroxylation sites is 2. The van der Waals surface area contributed by atoms with Crippen LogP contribution < -0.4 is 27.6 Å². The van der Waals surface area contributed by atoms with E-state index in [1.54, 1.807) is 7.05 Å². The molecular formula is C22H30N6O5. The van der Waals surface area contributed by atoms with Gasteiger partial charge < -0.3 is 15.4 Å². The fourth-order valence-electron chi connectivity index (χ4n) is 3.84. The van der Waals surface area contributed by atoms with Crippen molar-refractivity contribution in [1.29, 1.82) is 0 Å². The third-order valence-electron chi connectivity index (χ3n) is 5.64. The minimum absolute atomic E-state index is 0.0510. The minimum Gasteiger partial charge on any atom is -0.383 e. The zero-order valence-corrected chi connectivity index (χ0v) is 19.2. The molecule has 1 amide bonds. The van der Waals surface area contributed by atoms with Crippen LogP contribution in [-0.2, 0) is 29.7 Å². The average molecular weight is 459 g/mol. The number of aromatic amines is 1. The molecule has 3 N–H and O–H groups in total. The number of carbonyl (C=O) groups is 1. The van der Waals surface area contributed by atoms with Crippen LogP contribution in [0, 0.1) is 0 Å². The summed E-state index contributed by atoms with van der Waals surface area (Å²) in [5.41, 5.74) is 5.99. The van der Waals surface area contributed by atoms with Gasteiger partial charge in [0.15, 0.2) is 5.69 Å². The number of aromatic nitrogens is 4. The maximum Gasteiger partial charge on any atom is 0.330 e. The summed E-state index contributed by atoms with van der Waals surface area (Å²) in [6, 6.07) is 7.31. The molecule has 3 aromatic rings. The Hall–Kier alpha value is -3.60. The van der Waals surface area contributed by atoms with Gasteiger partial charge in [0.2, 0.25) is 5.91 Å². The van der Waals surface area contributed by atoms with Crippen molar-refractivity contribution in [3.63, 3.8) is 0 Å². The Labute approximate surface area is 190 Å². The molecule has 178 valence electrons. The fraction of sp³-hybridized carbons (Fsp3) is 0.455. The van der Waals surface area contributed by atoms with Crippen LogP contribution in [0.1, 0.15) is 26.2 Å². The number of anilines is 2. The van der Waals surface area contributed by atoms with Crippen LogP contribution >= 0.6 is 0 Å². The Morgan fingerprint density at radius 3 is 2.48 bits per heavy atom. The molecule has 0 aliphatic heterocycles. The SMILES string of the molecule is CCCCn1c(N)c(N(CCOC)C(=O)CCn2c(=O)n(C)c3ccccc32)c(=O)[nH]c1=O. The molecule has 0 atom stereocenters. The molecular weight excluding hydrogens is 428 g/mol. The summed E-state index contributed by atoms with van der Waals surface area (Å²) in [5, 5.41) is 0. The van der Waals surface area contributed by atoms with Crippen molar-refractivity contribution in [2.75, 3.05) is 30.9 Å². The van der Waals surface area contributed by atoms with Gasteiger partial charge in [-0.2, -0.15) is 0 Å². The molecule has 0 aliphatic rings. The lowest BCUT2D eigenvalue weighted by atomic mass is 10.2. The van der Waals surface area contributed by atoms with Crippen molar-refractivity contribution in [2.24, 2.45) is 7.05 Å². The summed E-state index contributed by atoms with van der Waals surface area (Å²) in [7, 11) is 3.15. The normalized spacial score (nSPS) is 11.2. The van der Waals surface area contributed by atoms with Gasteiger partial charge in [0, 0.05) is 40.2 Å². The highest BCUT2D eigenvalue weighted by atomic mass is 16.5. The third-order valence-corrected chi connectivity index (χ3v) is 5.64. The minimum atomic E-state index is -0.739. The molecule has 33 heavy (non-hydrogen) atoms. The van der Waals surface area contributed by atoms with Gasteiger partial charge in [-0.1, -0.05) is 25.5 Å². The summed E-state index contributed by atoms with van der Waals surface area (Å²) >= 11 is 0. The number of carbonyl (C=O) groups excluding carboxylic acids is 1. The highest BCUT2D eigenvalue weighted by Gasteiger charge is 2.24. The van der Waals surface area contributed by atoms with Crippen LogP contribution in [0.15, 0.2) is 38.6 Å². The summed E-state index contributed by atoms with van der Waals surface area (Å²) in [5.74, 6) is -0.478. The lowest BCUT2D eigenvalue weighted by molar-refractivity contribution is -0.119. The summed E-state index contributed by atoms with van der Waals surface area (Å²) in [6.07, 6.45) is 1.46. The second kappa shape index (κ2) is 10.3. The molecule has 0 saturated carbocycles. The number of amides is 1. The van der Waals surface area contributed by atoms with Gasteiger partial charge in [0.1, 0.15) is 5.82 Å². The predicted octanol–water partition coefficient (Wildman–Crippen LogP) is 0.642. The van der Waals surface area contributed by atoms with E-state index in [1.807, 2.05) is 31.2 Å². The smallest absolute Gasteiger partial charge is 0.330 e. The molecule has 1 aromatic carbocycles. The molecule has 3 rings (SSSR count). The van der Waals surface area contributed by atoms with Gasteiger partial charge in [-0.3, -0.25) is 28.3 Å². The topological polar surface area (TPSA) is 137 Å². The van der Waals surface area contributed by atoms with Crippen LogP contribution in [0.25, 0.3) is 11.0 Å². The van der Waals surface area contributed by atoms with E-state index < -0.39 is 17.2 Å². The van der Waals surface area contributed by atoms with Gasteiger partial charge in [-0.25, -0.2) is 9.59 Å². The van der Waals surface area contributed by atoms with E-state index in [-0.39, 0.29) is 43.3 Å². The Kier molecular flexibility index (Phi) is 7.54. The Morgan fingerprint density at radius 1 is 1.12 bits per heavy atom. The number of rotatable bonds is 10. The van der Waals surface area contributed by atoms with Gasteiger partial charge in [-0.15, -0.1) is 0 Å². The number of methoxy groups -OCH3 is 1. The van der Waals surface area contributed by atoms with E-state index in [9.17, 15) is 19.2 Å². The van der Waals surface area contributed by atoms with Crippen molar-refractivity contribution < 1.29 is 9.53 Å². The highest BCUT2D eigenvalue weighted by molar-refractivity contribution is 5.95. The highest BCUT2D eigenvalue weighted by Crippen LogP contribution is 2.19. The monoisotopic (exact) mass is 458 g/mol. The molecule has 0 radical (unpaired) electrons. The van der Waals surface area contributed by atoms with Crippen LogP contribution in [0.4, 0.5) is 11.5 Å². The number of benzene rings is 1. The first kappa shape index (κ1) is 24.1. The number of nitrogens with zero attached hydrogens (tertiary/aromatic N) is 4. The van der Waals surface area contributed by atoms with Crippen molar-refractivity contribution in [1.82, 2.24) is 18.7 Å². The van der Waals surface area contributed by atoms with Gasteiger partial charge in [0.05, 0.1) is 17.6 Å². The maximum absolute atomic E-state index is 13.2. The number of nitrogens with one attached hydrogen (secondary N) is 1. The number of hydrogen-bond acceptors (Lipinski definition) is 6. The zero-order chi connectivity index (χ0) is 24.1. The standard InChI is InChI=1S/C22H30N6O5/c1-4-5-11-28-19(23)18(20(30)24-21(28)31)27(13-14-33-3)17(29)10-12-26-16-9-7-6-8-15(16)25(2)22(26)32/h6-9H,4-5,10-14,23H2,1-3H3,(H,24,30,31). The van der Waals surface area contributed by atoms with E-state index >= 15 is 0 Å². The number of ether oxygens (including phenoxy) is 1. The number of imidazole rings is 1. The first-order chi connectivity index (χ1) is 15.8. The largest absolute Gasteiger partial charge is 0.383 e. The first-order valence-electron chi connectivity index (χ1n) is 10.9. The van der Waals surface area contributed by atoms with Crippen molar-refractivity contribution in [3.05, 3.63) is 55.6 Å². The number of H-pyrrole nitrogens is 1. The number of nitrogen functional groups attached to an aromatic ring is 1. The molecule has 11 nitrogen and oxygen atoms in total. The molecule has 0 bridgehead atoms. The van der Waals surface area contributed by atoms with E-state index in [0.717, 1.165) is 11.9 Å². The number of fused-ring (bicyclic) bond motifs is 1. The molecule has 0 aliphatic carbocycles. The Bertz CT molecular complexity index is 1320. The van der Waals surface area contributed by atoms with Crippen LogP contribution in [-0.4, -0.2) is 44.9 Å². The number of nitrogens with two attached hydrogens (primary N) is 1. The summed E-state index contributed by atoms with van der Waals surface area (Å²) in [6.45, 7) is 2.64. The maximum atomic E-state index is 13.2. The second-order valence-corrected chi connectivity index (χ2v) is 7.77. The lowest BCUT2D eigenvalue weighted by Gasteiger charge is -2.24. The predicted molar refractivity (Wildman–Crippen MR) is 127 cm³/mol. The number of hydrogen-bond donors (Lipinski definition) is 2. The third kappa shape index (κ3) is 4.77. The van der Waals surface area contributed by atoms with Crippen molar-refractivity contribution in [2.45, 2.75) is 39.3 Å². The lowest BCUT2D eigenvalue weighted by Crippen LogP contribution is -2.43. The van der Waals surface area contributed by atoms with Gasteiger partial charge in [-0.05, 0) is 18.6 Å². The van der Waals surface area contributed by atoms with E-state index in [4.69, 9.17) is 10.5 Å². The van der Waals surface area contributed by atoms with E-state index in [2.05, 4.69) is 4.98 Å². The fourth-order valence-corrected chi connectivity index (χ4v) is 3.84. The molecule has 2 aromatic heterocycles. The number of aryl methyl sites for hydroxylation is 2. The van der Waals surface area contributed by atoms with Crippen LogP contribution in [0.2, 0.25) is 0 Å². The van der Waals surface area contributed by atoms with Crippen LogP contribution in [0.5, 0.6) is 0 Å². The van der Waals surface area contributed by atoms with Crippen molar-refractivity contribution >= 4 is 28.4 Å². The summed E-state index contributed by atoms with van der Waals surface area (Å²) < 4.78 is 9.43. The van der Waals surface area contributed by atoms with Crippen LogP contribution in [0.3, 0.4) is 0 Å². The van der Waals surface area contributed by atoms with Gasteiger partial charge >= 0.3 is 11.4 Å². The first-order valence-corrected chi connectivity index (χ1v) is 10.9. The molecule has 2 heterocycles. The average Bonchev–Trinajstić information content (AvgIpc) is 3.04. The van der Waals surface area contributed by atoms with E-state index in [0.29, 0.717) is 18.5 Å². The molecule has 0 fully saturated rings. The Morgan fingerprint density at radius 2 is 1.82 bits per heavy atom. The number of unbranched alkanes of at least 4 members (excludes halogenated alkanes) is 1. The van der Waals surface area contributed by atoms with E-state index in [1.165, 1.54) is 25.7 Å². The quantitative estimate of drug-likeness (QED) is 0.457. The Balaban J connectivity index is 1.95. The second-order valence-electron chi connectivity index (χ2n) is 7.77.